The van der Waals surface area contributed by atoms with Gasteiger partial charge in [0.05, 0.1) is 17.4 Å². The van der Waals surface area contributed by atoms with Gasteiger partial charge >= 0.3 is 5.69 Å². The second-order valence-corrected chi connectivity index (χ2v) is 6.35. The summed E-state index contributed by atoms with van der Waals surface area (Å²) in [5.41, 5.74) is 1.38. The number of aromatic nitrogens is 4. The zero-order valence-corrected chi connectivity index (χ0v) is 15.7. The third kappa shape index (κ3) is 4.35. The first-order valence-corrected chi connectivity index (χ1v) is 8.77. The van der Waals surface area contributed by atoms with Gasteiger partial charge in [-0.05, 0) is 30.2 Å². The molecule has 8 heteroatoms. The van der Waals surface area contributed by atoms with Gasteiger partial charge in [0.15, 0.2) is 0 Å². The highest BCUT2D eigenvalue weighted by molar-refractivity contribution is 5.91. The molecule has 1 aromatic carbocycles. The van der Waals surface area contributed by atoms with Gasteiger partial charge in [-0.15, -0.1) is 0 Å². The highest BCUT2D eigenvalue weighted by atomic mass is 16.2. The van der Waals surface area contributed by atoms with E-state index in [1.54, 1.807) is 17.9 Å². The molecule has 3 rings (SSSR count). The van der Waals surface area contributed by atoms with E-state index in [0.717, 1.165) is 15.8 Å². The molecule has 0 aliphatic heterocycles. The SMILES string of the molecule is Cn1cc(/C=C/C(=O)NCCc2cnn(-c3ccccc3)c2)c(=O)n(C)c1=O. The van der Waals surface area contributed by atoms with Crippen LogP contribution in [0.25, 0.3) is 11.8 Å². The van der Waals surface area contributed by atoms with E-state index in [4.69, 9.17) is 0 Å². The Labute approximate surface area is 161 Å². The summed E-state index contributed by atoms with van der Waals surface area (Å²) in [5, 5.41) is 7.09. The summed E-state index contributed by atoms with van der Waals surface area (Å²) in [6.45, 7) is 0.439. The van der Waals surface area contributed by atoms with E-state index in [1.165, 1.54) is 30.0 Å². The second-order valence-electron chi connectivity index (χ2n) is 6.35. The number of para-hydroxylation sites is 1. The van der Waals surface area contributed by atoms with Crippen molar-refractivity contribution in [2.75, 3.05) is 6.54 Å². The Morgan fingerprint density at radius 1 is 1.14 bits per heavy atom. The number of carbonyl (C=O) groups is 1. The maximum atomic E-state index is 12.0. The van der Waals surface area contributed by atoms with Crippen molar-refractivity contribution in [3.8, 4) is 5.69 Å². The van der Waals surface area contributed by atoms with E-state index >= 15 is 0 Å². The molecule has 28 heavy (non-hydrogen) atoms. The summed E-state index contributed by atoms with van der Waals surface area (Å²) < 4.78 is 4.08. The van der Waals surface area contributed by atoms with Crippen LogP contribution in [-0.2, 0) is 25.3 Å². The summed E-state index contributed by atoms with van der Waals surface area (Å²) in [4.78, 5) is 35.7. The van der Waals surface area contributed by atoms with E-state index in [0.29, 0.717) is 13.0 Å². The Balaban J connectivity index is 1.56. The molecule has 0 unspecified atom stereocenters. The van der Waals surface area contributed by atoms with Gasteiger partial charge < -0.3 is 9.88 Å². The lowest BCUT2D eigenvalue weighted by Crippen LogP contribution is -2.37. The van der Waals surface area contributed by atoms with E-state index in [1.807, 2.05) is 36.5 Å². The van der Waals surface area contributed by atoms with Crippen LogP contribution in [0.3, 0.4) is 0 Å². The van der Waals surface area contributed by atoms with Crippen LogP contribution in [0.15, 0.2) is 64.6 Å². The van der Waals surface area contributed by atoms with Crippen molar-refractivity contribution in [2.45, 2.75) is 6.42 Å². The molecule has 0 spiro atoms. The average Bonchev–Trinajstić information content (AvgIpc) is 3.18. The van der Waals surface area contributed by atoms with Crippen LogP contribution >= 0.6 is 0 Å². The molecule has 1 amide bonds. The van der Waals surface area contributed by atoms with Crippen molar-refractivity contribution >= 4 is 12.0 Å². The Hall–Kier alpha value is -3.68. The van der Waals surface area contributed by atoms with Gasteiger partial charge in [0, 0.05) is 39.1 Å². The number of hydrogen-bond acceptors (Lipinski definition) is 4. The second kappa shape index (κ2) is 8.34. The van der Waals surface area contributed by atoms with Gasteiger partial charge in [-0.2, -0.15) is 5.10 Å². The average molecular weight is 379 g/mol. The molecule has 0 saturated heterocycles. The van der Waals surface area contributed by atoms with E-state index in [2.05, 4.69) is 10.4 Å². The van der Waals surface area contributed by atoms with E-state index in [9.17, 15) is 14.4 Å². The largest absolute Gasteiger partial charge is 0.352 e. The molecule has 2 aromatic heterocycles. The highest BCUT2D eigenvalue weighted by Gasteiger charge is 2.05. The standard InChI is InChI=1S/C20H21N5O3/c1-23-14-16(19(27)24(2)20(23)28)8-9-18(26)21-11-10-15-12-22-25(13-15)17-6-4-3-5-7-17/h3-9,12-14H,10-11H2,1-2H3,(H,21,26)/b9-8+. The van der Waals surface area contributed by atoms with Gasteiger partial charge in [0.25, 0.3) is 5.56 Å². The van der Waals surface area contributed by atoms with Crippen LogP contribution in [0.5, 0.6) is 0 Å². The van der Waals surface area contributed by atoms with Crippen LogP contribution in [0.2, 0.25) is 0 Å². The molecule has 0 fully saturated rings. The van der Waals surface area contributed by atoms with Gasteiger partial charge in [0.1, 0.15) is 0 Å². The fraction of sp³-hybridized carbons (Fsp3) is 0.200. The first-order valence-electron chi connectivity index (χ1n) is 8.77. The lowest BCUT2D eigenvalue weighted by Gasteiger charge is -2.03. The molecule has 2 heterocycles. The summed E-state index contributed by atoms with van der Waals surface area (Å²) in [5.74, 6) is -0.314. The lowest BCUT2D eigenvalue weighted by atomic mass is 10.2. The quantitative estimate of drug-likeness (QED) is 0.637. The monoisotopic (exact) mass is 379 g/mol. The van der Waals surface area contributed by atoms with Crippen molar-refractivity contribution in [1.82, 2.24) is 24.2 Å². The topological polar surface area (TPSA) is 90.9 Å². The van der Waals surface area contributed by atoms with Crippen LogP contribution in [-0.4, -0.2) is 31.4 Å². The van der Waals surface area contributed by atoms with Gasteiger partial charge in [0.2, 0.25) is 5.91 Å². The summed E-state index contributed by atoms with van der Waals surface area (Å²) >= 11 is 0. The van der Waals surface area contributed by atoms with E-state index in [-0.39, 0.29) is 11.5 Å². The van der Waals surface area contributed by atoms with Crippen molar-refractivity contribution in [1.29, 1.82) is 0 Å². The maximum absolute atomic E-state index is 12.0. The molecule has 0 bridgehead atoms. The Bertz CT molecular complexity index is 1120. The van der Waals surface area contributed by atoms with Crippen LogP contribution in [0.4, 0.5) is 0 Å². The molecule has 3 aromatic rings. The van der Waals surface area contributed by atoms with Crippen molar-refractivity contribution in [2.24, 2.45) is 14.1 Å². The molecule has 0 aliphatic carbocycles. The highest BCUT2D eigenvalue weighted by Crippen LogP contribution is 2.07. The molecule has 144 valence electrons. The van der Waals surface area contributed by atoms with Crippen LogP contribution in [0, 0.1) is 0 Å². The molecule has 1 N–H and O–H groups in total. The fourth-order valence-corrected chi connectivity index (χ4v) is 2.72. The molecule has 8 nitrogen and oxygen atoms in total. The minimum Gasteiger partial charge on any atom is -0.352 e. The minimum atomic E-state index is -0.444. The number of rotatable bonds is 6. The number of carbonyl (C=O) groups excluding carboxylic acids is 1. The zero-order chi connectivity index (χ0) is 20.1. The van der Waals surface area contributed by atoms with Crippen LogP contribution < -0.4 is 16.6 Å². The number of nitrogens with zero attached hydrogens (tertiary/aromatic N) is 4. The maximum Gasteiger partial charge on any atom is 0.330 e. The van der Waals surface area contributed by atoms with Crippen molar-refractivity contribution < 1.29 is 4.79 Å². The smallest absolute Gasteiger partial charge is 0.330 e. The van der Waals surface area contributed by atoms with Gasteiger partial charge in [-0.3, -0.25) is 14.2 Å². The number of nitrogens with one attached hydrogen (secondary N) is 1. The number of amides is 1. The Morgan fingerprint density at radius 2 is 1.89 bits per heavy atom. The van der Waals surface area contributed by atoms with Crippen molar-refractivity contribution in [3.63, 3.8) is 0 Å². The molecule has 0 atom stereocenters. The number of hydrogen-bond donors (Lipinski definition) is 1. The lowest BCUT2D eigenvalue weighted by molar-refractivity contribution is -0.116. The third-order valence-corrected chi connectivity index (χ3v) is 4.26. The summed E-state index contributed by atoms with van der Waals surface area (Å²) in [6.07, 6.45) is 8.42. The first kappa shape index (κ1) is 19.1. The predicted octanol–water partition coefficient (Wildman–Crippen LogP) is 0.642. The summed E-state index contributed by atoms with van der Waals surface area (Å²) in [6, 6.07) is 9.77. The zero-order valence-electron chi connectivity index (χ0n) is 15.7. The number of benzene rings is 1. The summed E-state index contributed by atoms with van der Waals surface area (Å²) in [7, 11) is 2.95. The minimum absolute atomic E-state index is 0.267. The molecule has 0 saturated carbocycles. The molecular formula is C20H21N5O3. The van der Waals surface area contributed by atoms with E-state index < -0.39 is 11.2 Å². The number of aryl methyl sites for hydroxylation is 1. The van der Waals surface area contributed by atoms with Crippen LogP contribution in [0.1, 0.15) is 11.1 Å². The third-order valence-electron chi connectivity index (χ3n) is 4.26. The Morgan fingerprint density at radius 3 is 2.64 bits per heavy atom. The first-order chi connectivity index (χ1) is 13.5. The predicted molar refractivity (Wildman–Crippen MR) is 106 cm³/mol. The molecular weight excluding hydrogens is 358 g/mol. The molecule has 0 aliphatic rings. The van der Waals surface area contributed by atoms with Gasteiger partial charge in [-0.25, -0.2) is 9.48 Å². The fourth-order valence-electron chi connectivity index (χ4n) is 2.72. The Kier molecular flexibility index (Phi) is 5.69. The normalized spacial score (nSPS) is 11.1. The van der Waals surface area contributed by atoms with Gasteiger partial charge in [-0.1, -0.05) is 18.2 Å². The molecule has 0 radical (unpaired) electrons. The van der Waals surface area contributed by atoms with Crippen molar-refractivity contribution in [3.05, 3.63) is 87.0 Å².